The summed E-state index contributed by atoms with van der Waals surface area (Å²) in [6.07, 6.45) is 2.51. The number of aliphatic imine (C=N–C) groups is 1. The molecule has 1 N–H and O–H groups in total. The van der Waals surface area contributed by atoms with Crippen LogP contribution in [0.1, 0.15) is 25.1 Å². The van der Waals surface area contributed by atoms with Crippen LogP contribution in [0.25, 0.3) is 0 Å². The Hall–Kier alpha value is -2.01. The Morgan fingerprint density at radius 2 is 1.84 bits per heavy atom. The van der Waals surface area contributed by atoms with Crippen LogP contribution in [0, 0.1) is 0 Å². The summed E-state index contributed by atoms with van der Waals surface area (Å²) < 4.78 is 16.3. The summed E-state index contributed by atoms with van der Waals surface area (Å²) in [7, 11) is 1.84. The van der Waals surface area contributed by atoms with E-state index >= 15 is 0 Å². The van der Waals surface area contributed by atoms with E-state index in [0.717, 1.165) is 68.8 Å². The molecule has 9 heteroatoms. The lowest BCUT2D eigenvalue weighted by atomic mass is 10.1. The van der Waals surface area contributed by atoms with Crippen LogP contribution in [0.2, 0.25) is 0 Å². The fraction of sp³-hybridized carbons (Fsp3) is 0.545. The van der Waals surface area contributed by atoms with Gasteiger partial charge in [-0.15, -0.1) is 24.0 Å². The van der Waals surface area contributed by atoms with E-state index in [0.29, 0.717) is 13.2 Å². The maximum Gasteiger partial charge on any atom is 0.193 e. The minimum atomic E-state index is 0. The second-order valence-corrected chi connectivity index (χ2v) is 7.13. The van der Waals surface area contributed by atoms with Crippen molar-refractivity contribution in [1.29, 1.82) is 0 Å². The Morgan fingerprint density at radius 3 is 2.48 bits per heavy atom. The molecule has 0 atom stereocenters. The molecule has 1 aromatic carbocycles. The van der Waals surface area contributed by atoms with Crippen LogP contribution in [0.15, 0.2) is 40.0 Å². The van der Waals surface area contributed by atoms with E-state index in [2.05, 4.69) is 37.4 Å². The quantitative estimate of drug-likeness (QED) is 0.296. The van der Waals surface area contributed by atoms with E-state index in [-0.39, 0.29) is 24.0 Å². The molecule has 1 saturated heterocycles. The van der Waals surface area contributed by atoms with Crippen LogP contribution >= 0.6 is 24.0 Å². The van der Waals surface area contributed by atoms with Crippen LogP contribution in [0.5, 0.6) is 11.5 Å². The van der Waals surface area contributed by atoms with Gasteiger partial charge in [-0.3, -0.25) is 9.89 Å². The highest BCUT2D eigenvalue weighted by molar-refractivity contribution is 14.0. The maximum absolute atomic E-state index is 5.73. The Morgan fingerprint density at radius 1 is 1.10 bits per heavy atom. The number of guanidine groups is 1. The highest BCUT2D eigenvalue weighted by Crippen LogP contribution is 2.28. The highest BCUT2D eigenvalue weighted by Gasteiger charge is 2.20. The Balaban J connectivity index is 0.00000341. The predicted molar refractivity (Wildman–Crippen MR) is 133 cm³/mol. The van der Waals surface area contributed by atoms with Gasteiger partial charge in [0.05, 0.1) is 18.9 Å². The number of nitrogens with one attached hydrogen (secondary N) is 1. The molecule has 8 nitrogen and oxygen atoms in total. The van der Waals surface area contributed by atoms with Crippen molar-refractivity contribution in [3.05, 3.63) is 41.8 Å². The number of rotatable bonds is 9. The number of hydrogen-bond acceptors (Lipinski definition) is 6. The molecule has 3 rings (SSSR count). The van der Waals surface area contributed by atoms with Crippen molar-refractivity contribution in [3.8, 4) is 11.5 Å². The van der Waals surface area contributed by atoms with Gasteiger partial charge in [0.2, 0.25) is 0 Å². The minimum Gasteiger partial charge on any atom is -0.490 e. The molecule has 0 aliphatic carbocycles. The third-order valence-electron chi connectivity index (χ3n) is 5.07. The van der Waals surface area contributed by atoms with Crippen LogP contribution < -0.4 is 14.8 Å². The average Bonchev–Trinajstić information content (AvgIpc) is 3.27. The monoisotopic (exact) mass is 543 g/mol. The van der Waals surface area contributed by atoms with Gasteiger partial charge in [0.1, 0.15) is 6.26 Å². The van der Waals surface area contributed by atoms with Gasteiger partial charge in [-0.2, -0.15) is 0 Å². The van der Waals surface area contributed by atoms with E-state index in [1.54, 1.807) is 6.26 Å². The molecule has 1 aromatic heterocycles. The molecule has 0 unspecified atom stereocenters. The number of aromatic nitrogens is 1. The third-order valence-corrected chi connectivity index (χ3v) is 5.07. The van der Waals surface area contributed by atoms with Gasteiger partial charge < -0.3 is 24.2 Å². The van der Waals surface area contributed by atoms with Gasteiger partial charge in [-0.25, -0.2) is 0 Å². The average molecular weight is 543 g/mol. The third kappa shape index (κ3) is 7.57. The Kier molecular flexibility index (Phi) is 10.9. The van der Waals surface area contributed by atoms with Crippen LogP contribution in [-0.4, -0.2) is 73.9 Å². The van der Waals surface area contributed by atoms with E-state index in [1.807, 2.05) is 33.0 Å². The molecule has 0 spiro atoms. The molecule has 0 saturated carbocycles. The molecule has 31 heavy (non-hydrogen) atoms. The molecule has 1 fully saturated rings. The largest absolute Gasteiger partial charge is 0.490 e. The van der Waals surface area contributed by atoms with Crippen LogP contribution in [-0.2, 0) is 13.0 Å². The van der Waals surface area contributed by atoms with Crippen molar-refractivity contribution in [1.82, 2.24) is 20.3 Å². The molecular formula is C22H34IN5O3. The molecular weight excluding hydrogens is 509 g/mol. The predicted octanol–water partition coefficient (Wildman–Crippen LogP) is 3.03. The van der Waals surface area contributed by atoms with Gasteiger partial charge in [-0.05, 0) is 38.0 Å². The first-order valence-electron chi connectivity index (χ1n) is 10.7. The topological polar surface area (TPSA) is 75.4 Å². The Bertz CT molecular complexity index is 792. The van der Waals surface area contributed by atoms with Gasteiger partial charge in [0, 0.05) is 52.4 Å². The van der Waals surface area contributed by atoms with Crippen molar-refractivity contribution in [3.63, 3.8) is 0 Å². The second kappa shape index (κ2) is 13.4. The molecule has 0 amide bonds. The first-order chi connectivity index (χ1) is 14.7. The molecule has 2 aromatic rings. The molecule has 1 aliphatic heterocycles. The van der Waals surface area contributed by atoms with Crippen molar-refractivity contribution >= 4 is 29.9 Å². The van der Waals surface area contributed by atoms with Gasteiger partial charge >= 0.3 is 0 Å². The van der Waals surface area contributed by atoms with E-state index in [9.17, 15) is 0 Å². The zero-order valence-electron chi connectivity index (χ0n) is 18.7. The summed E-state index contributed by atoms with van der Waals surface area (Å²) >= 11 is 0. The van der Waals surface area contributed by atoms with Crippen molar-refractivity contribution in [2.24, 2.45) is 4.99 Å². The van der Waals surface area contributed by atoms with E-state index < -0.39 is 0 Å². The first-order valence-corrected chi connectivity index (χ1v) is 10.7. The fourth-order valence-corrected chi connectivity index (χ4v) is 3.57. The molecule has 0 bridgehead atoms. The normalized spacial score (nSPS) is 14.8. The zero-order valence-corrected chi connectivity index (χ0v) is 21.0. The van der Waals surface area contributed by atoms with Crippen LogP contribution in [0.4, 0.5) is 0 Å². The molecule has 0 radical (unpaired) electrons. The number of ether oxygens (including phenoxy) is 2. The first kappa shape index (κ1) is 25.3. The second-order valence-electron chi connectivity index (χ2n) is 7.13. The lowest BCUT2D eigenvalue weighted by Gasteiger charge is -2.36. The number of hydrogen-bond donors (Lipinski definition) is 1. The highest BCUT2D eigenvalue weighted by atomic mass is 127. The van der Waals surface area contributed by atoms with Gasteiger partial charge in [0.25, 0.3) is 0 Å². The van der Waals surface area contributed by atoms with E-state index in [1.165, 1.54) is 5.56 Å². The maximum atomic E-state index is 5.73. The molecule has 2 heterocycles. The van der Waals surface area contributed by atoms with Crippen molar-refractivity contribution in [2.75, 3.05) is 53.0 Å². The summed E-state index contributed by atoms with van der Waals surface area (Å²) in [5.74, 6) is 2.56. The fourth-order valence-electron chi connectivity index (χ4n) is 3.57. The lowest BCUT2D eigenvalue weighted by Crippen LogP contribution is -2.52. The smallest absolute Gasteiger partial charge is 0.193 e. The van der Waals surface area contributed by atoms with Crippen molar-refractivity contribution < 1.29 is 14.0 Å². The number of benzene rings is 1. The summed E-state index contributed by atoms with van der Waals surface area (Å²) in [6.45, 7) is 10.7. The van der Waals surface area contributed by atoms with Gasteiger partial charge in [-0.1, -0.05) is 11.2 Å². The SMILES string of the molecule is CCOc1ccc(CCNC(=NC)N2CCN(Cc3ccon3)CC2)cc1OCC.I. The minimum absolute atomic E-state index is 0. The standard InChI is InChI=1S/C22H33N5O3.HI/c1-4-28-20-7-6-18(16-21(20)29-5-2)8-10-24-22(23-3)27-13-11-26(12-14-27)17-19-9-15-30-25-19;/h6-7,9,15-16H,4-5,8,10-14,17H2,1-3H3,(H,23,24);1H. The molecule has 172 valence electrons. The Labute approximate surface area is 202 Å². The summed E-state index contributed by atoms with van der Waals surface area (Å²) in [6, 6.07) is 8.08. The van der Waals surface area contributed by atoms with Crippen molar-refractivity contribution in [2.45, 2.75) is 26.8 Å². The number of halogens is 1. The number of piperazine rings is 1. The summed E-state index contributed by atoms with van der Waals surface area (Å²) in [5, 5.41) is 7.50. The van der Waals surface area contributed by atoms with Gasteiger partial charge in [0.15, 0.2) is 17.5 Å². The summed E-state index contributed by atoms with van der Waals surface area (Å²) in [4.78, 5) is 9.16. The number of nitrogens with zero attached hydrogens (tertiary/aromatic N) is 4. The summed E-state index contributed by atoms with van der Waals surface area (Å²) in [5.41, 5.74) is 2.19. The van der Waals surface area contributed by atoms with Crippen LogP contribution in [0.3, 0.4) is 0 Å². The zero-order chi connectivity index (χ0) is 21.2. The lowest BCUT2D eigenvalue weighted by molar-refractivity contribution is 0.169. The molecule has 1 aliphatic rings. The van der Waals surface area contributed by atoms with E-state index in [4.69, 9.17) is 14.0 Å².